The molecule has 0 aliphatic carbocycles. The Hall–Kier alpha value is -1.00. The zero-order valence-corrected chi connectivity index (χ0v) is 9.34. The van der Waals surface area contributed by atoms with E-state index in [0.29, 0.717) is 13.2 Å². The third-order valence-electron chi connectivity index (χ3n) is 2.82. The number of ether oxygens (including phenoxy) is 1. The third kappa shape index (κ3) is 1.36. The number of aromatic amines is 1. The van der Waals surface area contributed by atoms with Crippen LogP contribution in [0, 0.1) is 6.92 Å². The number of benzene rings is 1. The van der Waals surface area contributed by atoms with E-state index >= 15 is 0 Å². The number of imidazole rings is 1. The first-order valence-corrected chi connectivity index (χ1v) is 5.39. The number of nitrogens with one attached hydrogen (secondary N) is 1. The lowest BCUT2D eigenvalue weighted by Gasteiger charge is -2.37. The molecule has 1 aliphatic heterocycles. The summed E-state index contributed by atoms with van der Waals surface area (Å²) >= 11 is 4.64. The van der Waals surface area contributed by atoms with Gasteiger partial charge in [-0.25, -0.2) is 4.98 Å². The second kappa shape index (κ2) is 3.00. The van der Waals surface area contributed by atoms with Gasteiger partial charge in [-0.05, 0) is 24.6 Å². The smallest absolute Gasteiger partial charge is 0.104 e. The van der Waals surface area contributed by atoms with Crippen LogP contribution in [0.15, 0.2) is 18.2 Å². The monoisotopic (exact) mass is 220 g/mol. The number of fused-ring (bicyclic) bond motifs is 1. The van der Waals surface area contributed by atoms with Crippen LogP contribution in [0.4, 0.5) is 0 Å². The molecule has 15 heavy (non-hydrogen) atoms. The molecule has 4 heteroatoms. The highest BCUT2D eigenvalue weighted by atomic mass is 32.1. The molecule has 1 N–H and O–H groups in total. The summed E-state index contributed by atoms with van der Waals surface area (Å²) in [6.45, 7) is 3.34. The van der Waals surface area contributed by atoms with Gasteiger partial charge in [0.15, 0.2) is 0 Å². The minimum absolute atomic E-state index is 0.104. The molecule has 1 fully saturated rings. The molecule has 0 radical (unpaired) electrons. The molecule has 0 spiro atoms. The molecule has 1 aromatic heterocycles. The third-order valence-corrected chi connectivity index (χ3v) is 3.34. The first-order valence-electron chi connectivity index (χ1n) is 4.94. The van der Waals surface area contributed by atoms with Crippen LogP contribution in [-0.4, -0.2) is 23.2 Å². The van der Waals surface area contributed by atoms with E-state index in [2.05, 4.69) is 34.7 Å². The average Bonchev–Trinajstić information content (AvgIpc) is 2.53. The minimum Gasteiger partial charge on any atom is -0.378 e. The van der Waals surface area contributed by atoms with E-state index < -0.39 is 0 Å². The van der Waals surface area contributed by atoms with Crippen molar-refractivity contribution in [2.45, 2.75) is 11.7 Å². The molecule has 1 saturated heterocycles. The van der Waals surface area contributed by atoms with Gasteiger partial charge < -0.3 is 9.72 Å². The Morgan fingerprint density at radius 1 is 1.47 bits per heavy atom. The predicted molar refractivity (Wildman–Crippen MR) is 62.3 cm³/mol. The van der Waals surface area contributed by atoms with Crippen LogP contribution in [0.5, 0.6) is 0 Å². The number of aromatic nitrogens is 2. The summed E-state index contributed by atoms with van der Waals surface area (Å²) in [6.07, 6.45) is 0. The number of hydrogen-bond acceptors (Lipinski definition) is 3. The summed E-state index contributed by atoms with van der Waals surface area (Å²) in [6, 6.07) is 6.23. The highest BCUT2D eigenvalue weighted by Crippen LogP contribution is 2.36. The van der Waals surface area contributed by atoms with E-state index in [0.717, 1.165) is 16.9 Å². The molecular formula is C11H12N2OS. The van der Waals surface area contributed by atoms with Crippen LogP contribution >= 0.6 is 12.6 Å². The molecule has 0 unspecified atom stereocenters. The fourth-order valence-corrected chi connectivity index (χ4v) is 2.21. The maximum atomic E-state index is 5.21. The Bertz CT molecular complexity index is 516. The fourth-order valence-electron chi connectivity index (χ4n) is 1.89. The average molecular weight is 220 g/mol. The van der Waals surface area contributed by atoms with Crippen molar-refractivity contribution in [3.63, 3.8) is 0 Å². The Balaban J connectivity index is 2.13. The fraction of sp³-hybridized carbons (Fsp3) is 0.364. The van der Waals surface area contributed by atoms with Crippen molar-refractivity contribution in [1.29, 1.82) is 0 Å². The van der Waals surface area contributed by atoms with Crippen molar-refractivity contribution in [2.24, 2.45) is 0 Å². The normalized spacial score (nSPS) is 19.1. The molecular weight excluding hydrogens is 208 g/mol. The summed E-state index contributed by atoms with van der Waals surface area (Å²) in [5.74, 6) is 0.945. The van der Waals surface area contributed by atoms with E-state index in [1.807, 2.05) is 13.0 Å². The summed E-state index contributed by atoms with van der Waals surface area (Å²) in [7, 11) is 0. The van der Waals surface area contributed by atoms with Gasteiger partial charge in [0.1, 0.15) is 5.82 Å². The van der Waals surface area contributed by atoms with Crippen molar-refractivity contribution in [3.05, 3.63) is 29.6 Å². The van der Waals surface area contributed by atoms with Gasteiger partial charge in [0, 0.05) is 0 Å². The largest absolute Gasteiger partial charge is 0.378 e. The number of aryl methyl sites for hydroxylation is 1. The number of rotatable bonds is 1. The van der Waals surface area contributed by atoms with Crippen molar-refractivity contribution >= 4 is 23.7 Å². The summed E-state index contributed by atoms with van der Waals surface area (Å²) in [5.41, 5.74) is 3.28. The summed E-state index contributed by atoms with van der Waals surface area (Å²) in [5, 5.41) is 0. The van der Waals surface area contributed by atoms with Crippen LogP contribution in [0.1, 0.15) is 11.4 Å². The van der Waals surface area contributed by atoms with Crippen molar-refractivity contribution in [3.8, 4) is 0 Å². The molecule has 1 aromatic carbocycles. The van der Waals surface area contributed by atoms with Crippen LogP contribution < -0.4 is 0 Å². The highest BCUT2D eigenvalue weighted by Gasteiger charge is 2.36. The van der Waals surface area contributed by atoms with Crippen LogP contribution in [0.25, 0.3) is 11.0 Å². The van der Waals surface area contributed by atoms with Gasteiger partial charge in [-0.15, -0.1) is 0 Å². The van der Waals surface area contributed by atoms with Crippen LogP contribution in [-0.2, 0) is 9.48 Å². The Kier molecular flexibility index (Phi) is 1.85. The minimum atomic E-state index is -0.104. The standard InChI is InChI=1S/C11H12N2OS/c1-7-12-9-3-2-8(4-10(9)13-7)11(15)5-14-6-11/h2-4,15H,5-6H2,1H3,(H,12,13). The molecule has 0 amide bonds. The SMILES string of the molecule is Cc1nc2ccc(C3(S)COC3)cc2[nH]1. The van der Waals surface area contributed by atoms with Gasteiger partial charge in [0.25, 0.3) is 0 Å². The van der Waals surface area contributed by atoms with Gasteiger partial charge in [0.05, 0.1) is 29.0 Å². The Morgan fingerprint density at radius 3 is 2.93 bits per heavy atom. The lowest BCUT2D eigenvalue weighted by molar-refractivity contribution is -0.00964. The van der Waals surface area contributed by atoms with E-state index in [1.54, 1.807) is 0 Å². The van der Waals surface area contributed by atoms with Gasteiger partial charge in [-0.2, -0.15) is 12.6 Å². The van der Waals surface area contributed by atoms with Gasteiger partial charge in [-0.3, -0.25) is 0 Å². The highest BCUT2D eigenvalue weighted by molar-refractivity contribution is 7.81. The molecule has 0 saturated carbocycles. The lowest BCUT2D eigenvalue weighted by Crippen LogP contribution is -2.41. The molecule has 2 heterocycles. The topological polar surface area (TPSA) is 37.9 Å². The number of H-pyrrole nitrogens is 1. The van der Waals surface area contributed by atoms with Crippen molar-refractivity contribution in [1.82, 2.24) is 9.97 Å². The maximum Gasteiger partial charge on any atom is 0.104 e. The van der Waals surface area contributed by atoms with E-state index in [-0.39, 0.29) is 4.75 Å². The molecule has 3 rings (SSSR count). The molecule has 1 aliphatic rings. The number of hydrogen-bond donors (Lipinski definition) is 2. The van der Waals surface area contributed by atoms with Crippen molar-refractivity contribution < 1.29 is 4.74 Å². The molecule has 0 atom stereocenters. The second-order valence-electron chi connectivity index (χ2n) is 4.08. The first-order chi connectivity index (χ1) is 7.17. The number of thiol groups is 1. The van der Waals surface area contributed by atoms with Gasteiger partial charge >= 0.3 is 0 Å². The first kappa shape index (κ1) is 9.24. The van der Waals surface area contributed by atoms with Gasteiger partial charge in [-0.1, -0.05) is 6.07 Å². The second-order valence-corrected chi connectivity index (χ2v) is 4.93. The number of nitrogens with zero attached hydrogens (tertiary/aromatic N) is 1. The predicted octanol–water partition coefficient (Wildman–Crippen LogP) is 2.03. The van der Waals surface area contributed by atoms with Crippen LogP contribution in [0.2, 0.25) is 0 Å². The summed E-state index contributed by atoms with van der Waals surface area (Å²) in [4.78, 5) is 7.60. The van der Waals surface area contributed by atoms with Crippen LogP contribution in [0.3, 0.4) is 0 Å². The molecule has 78 valence electrons. The van der Waals surface area contributed by atoms with E-state index in [4.69, 9.17) is 4.74 Å². The maximum absolute atomic E-state index is 5.21. The zero-order valence-electron chi connectivity index (χ0n) is 8.45. The molecule has 0 bridgehead atoms. The molecule has 3 nitrogen and oxygen atoms in total. The molecule has 2 aromatic rings. The van der Waals surface area contributed by atoms with Crippen molar-refractivity contribution in [2.75, 3.05) is 13.2 Å². The lowest BCUT2D eigenvalue weighted by atomic mass is 9.96. The quantitative estimate of drug-likeness (QED) is 0.722. The zero-order chi connectivity index (χ0) is 10.5. The summed E-state index contributed by atoms with van der Waals surface area (Å²) < 4.78 is 5.10. The van der Waals surface area contributed by atoms with Gasteiger partial charge in [0.2, 0.25) is 0 Å². The Morgan fingerprint density at radius 2 is 2.27 bits per heavy atom. The Labute approximate surface area is 93.3 Å². The van der Waals surface area contributed by atoms with E-state index in [1.165, 1.54) is 5.56 Å². The van der Waals surface area contributed by atoms with E-state index in [9.17, 15) is 0 Å².